The van der Waals surface area contributed by atoms with Crippen LogP contribution in [0.4, 0.5) is 0 Å². The van der Waals surface area contributed by atoms with Gasteiger partial charge in [-0.1, -0.05) is 5.16 Å². The van der Waals surface area contributed by atoms with E-state index in [1.165, 1.54) is 18.4 Å². The van der Waals surface area contributed by atoms with Crippen molar-refractivity contribution in [2.45, 2.75) is 37.8 Å². The number of carbonyl (C=O) groups excluding carboxylic acids is 1. The Morgan fingerprint density at radius 2 is 2.45 bits per heavy atom. The highest BCUT2D eigenvalue weighted by Gasteiger charge is 2.46. The van der Waals surface area contributed by atoms with E-state index >= 15 is 0 Å². The van der Waals surface area contributed by atoms with E-state index in [2.05, 4.69) is 32.2 Å². The quantitative estimate of drug-likeness (QED) is 0.903. The van der Waals surface area contributed by atoms with Crippen molar-refractivity contribution in [1.82, 2.24) is 10.2 Å². The number of thiophene rings is 1. The van der Waals surface area contributed by atoms with Gasteiger partial charge in [-0.25, -0.2) is 0 Å². The van der Waals surface area contributed by atoms with Gasteiger partial charge in [0.1, 0.15) is 5.71 Å². The van der Waals surface area contributed by atoms with Gasteiger partial charge in [-0.15, -0.1) is 0 Å². The van der Waals surface area contributed by atoms with Crippen molar-refractivity contribution in [2.24, 2.45) is 11.1 Å². The average molecular weight is 319 g/mol. The number of hydrogen-bond acceptors (Lipinski definition) is 5. The number of oxime groups is 1. The molecule has 1 atom stereocenters. The third-order valence-electron chi connectivity index (χ3n) is 4.73. The lowest BCUT2D eigenvalue weighted by Crippen LogP contribution is -2.37. The lowest BCUT2D eigenvalue weighted by Gasteiger charge is -2.21. The first-order valence-corrected chi connectivity index (χ1v) is 8.93. The summed E-state index contributed by atoms with van der Waals surface area (Å²) in [5.74, 6) is 0.647. The molecule has 22 heavy (non-hydrogen) atoms. The number of carbonyl (C=O) groups is 1. The number of amides is 1. The number of rotatable bonds is 5. The Morgan fingerprint density at radius 3 is 3.23 bits per heavy atom. The largest absolute Gasteiger partial charge is 0.387 e. The average Bonchev–Trinajstić information content (AvgIpc) is 2.92. The van der Waals surface area contributed by atoms with Crippen LogP contribution in [0.3, 0.4) is 0 Å². The molecule has 4 rings (SSSR count). The van der Waals surface area contributed by atoms with Crippen molar-refractivity contribution in [2.75, 3.05) is 19.6 Å². The summed E-state index contributed by atoms with van der Waals surface area (Å²) in [6.07, 6.45) is 4.07. The highest BCUT2D eigenvalue weighted by atomic mass is 32.1. The fraction of sp³-hybridized carbons (Fsp3) is 0.625. The van der Waals surface area contributed by atoms with Crippen LogP contribution < -0.4 is 5.32 Å². The van der Waals surface area contributed by atoms with Crippen molar-refractivity contribution in [3.63, 3.8) is 0 Å². The molecule has 3 aliphatic rings. The standard InChI is InChI=1S/C16H21N3O2S/c20-15(17-8-12-1-2-12)14-7-16(21-18-14)4-5-19(11-16)9-13-3-6-22-10-13/h3,6,10,12H,1-2,4-5,7-9,11H2,(H,17,20)/t16-/m0/s1. The van der Waals surface area contributed by atoms with E-state index in [1.807, 2.05) is 0 Å². The maximum absolute atomic E-state index is 12.1. The first-order valence-electron chi connectivity index (χ1n) is 7.99. The van der Waals surface area contributed by atoms with Crippen LogP contribution in [0, 0.1) is 5.92 Å². The molecule has 2 fully saturated rings. The van der Waals surface area contributed by atoms with Crippen LogP contribution >= 0.6 is 11.3 Å². The van der Waals surface area contributed by atoms with Crippen molar-refractivity contribution in [1.29, 1.82) is 0 Å². The Bertz CT molecular complexity index is 582. The van der Waals surface area contributed by atoms with Gasteiger partial charge in [0.15, 0.2) is 5.60 Å². The zero-order chi connectivity index (χ0) is 15.0. The molecule has 0 unspecified atom stereocenters. The van der Waals surface area contributed by atoms with Crippen molar-refractivity contribution >= 4 is 23.0 Å². The summed E-state index contributed by atoms with van der Waals surface area (Å²) in [5, 5.41) is 11.4. The number of nitrogens with zero attached hydrogens (tertiary/aromatic N) is 2. The van der Waals surface area contributed by atoms with Crippen LogP contribution in [0.2, 0.25) is 0 Å². The van der Waals surface area contributed by atoms with Crippen LogP contribution in [-0.4, -0.2) is 41.8 Å². The molecule has 0 aromatic carbocycles. The second-order valence-electron chi connectivity index (χ2n) is 6.73. The first-order chi connectivity index (χ1) is 10.7. The molecule has 1 amide bonds. The number of nitrogens with one attached hydrogen (secondary N) is 1. The van der Waals surface area contributed by atoms with Crippen LogP contribution in [0.1, 0.15) is 31.2 Å². The third-order valence-corrected chi connectivity index (χ3v) is 5.46. The van der Waals surface area contributed by atoms with Gasteiger partial charge in [0.05, 0.1) is 0 Å². The van der Waals surface area contributed by atoms with E-state index < -0.39 is 0 Å². The number of hydrogen-bond donors (Lipinski definition) is 1. The molecule has 1 aliphatic carbocycles. The summed E-state index contributed by atoms with van der Waals surface area (Å²) in [5.41, 5.74) is 1.64. The monoisotopic (exact) mass is 319 g/mol. The molecule has 1 spiro atoms. The fourth-order valence-electron chi connectivity index (χ4n) is 3.23. The first kappa shape index (κ1) is 14.2. The van der Waals surface area contributed by atoms with Crippen LogP contribution in [0.15, 0.2) is 22.0 Å². The van der Waals surface area contributed by atoms with E-state index in [0.717, 1.165) is 32.6 Å². The Kier molecular flexibility index (Phi) is 3.66. The summed E-state index contributed by atoms with van der Waals surface area (Å²) in [4.78, 5) is 20.2. The van der Waals surface area contributed by atoms with Gasteiger partial charge < -0.3 is 10.2 Å². The maximum Gasteiger partial charge on any atom is 0.269 e. The lowest BCUT2D eigenvalue weighted by atomic mass is 9.96. The van der Waals surface area contributed by atoms with E-state index in [9.17, 15) is 4.79 Å². The van der Waals surface area contributed by atoms with Gasteiger partial charge in [0.2, 0.25) is 0 Å². The van der Waals surface area contributed by atoms with Crippen LogP contribution in [0.5, 0.6) is 0 Å². The molecule has 1 N–H and O–H groups in total. The Labute approximate surface area is 134 Å². The van der Waals surface area contributed by atoms with Gasteiger partial charge in [0, 0.05) is 39.0 Å². The molecular formula is C16H21N3O2S. The zero-order valence-corrected chi connectivity index (χ0v) is 13.4. The molecule has 118 valence electrons. The minimum absolute atomic E-state index is 0.0416. The minimum atomic E-state index is -0.276. The van der Waals surface area contributed by atoms with E-state index in [4.69, 9.17) is 4.84 Å². The molecule has 3 heterocycles. The topological polar surface area (TPSA) is 53.9 Å². The maximum atomic E-state index is 12.1. The second kappa shape index (κ2) is 5.66. The molecule has 1 aromatic heterocycles. The van der Waals surface area contributed by atoms with E-state index in [1.54, 1.807) is 11.3 Å². The van der Waals surface area contributed by atoms with Gasteiger partial charge >= 0.3 is 0 Å². The molecule has 2 aliphatic heterocycles. The van der Waals surface area contributed by atoms with Crippen molar-refractivity contribution in [3.05, 3.63) is 22.4 Å². The van der Waals surface area contributed by atoms with Crippen LogP contribution in [-0.2, 0) is 16.2 Å². The molecule has 1 aromatic rings. The molecule has 0 bridgehead atoms. The zero-order valence-electron chi connectivity index (χ0n) is 12.6. The molecular weight excluding hydrogens is 298 g/mol. The SMILES string of the molecule is O=C(NCC1CC1)C1=NO[C@@]2(CCN(Cc3ccsc3)C2)C1. The highest BCUT2D eigenvalue weighted by molar-refractivity contribution is 7.07. The summed E-state index contributed by atoms with van der Waals surface area (Å²) in [6.45, 7) is 3.60. The fourth-order valence-corrected chi connectivity index (χ4v) is 3.89. The molecule has 5 nitrogen and oxygen atoms in total. The summed E-state index contributed by atoms with van der Waals surface area (Å²) in [6, 6.07) is 2.17. The number of likely N-dealkylation sites (tertiary alicyclic amines) is 1. The molecule has 1 saturated heterocycles. The lowest BCUT2D eigenvalue weighted by molar-refractivity contribution is -0.115. The van der Waals surface area contributed by atoms with Crippen LogP contribution in [0.25, 0.3) is 0 Å². The Balaban J connectivity index is 1.30. The van der Waals surface area contributed by atoms with Gasteiger partial charge in [0.25, 0.3) is 5.91 Å². The molecule has 1 saturated carbocycles. The van der Waals surface area contributed by atoms with Gasteiger partial charge in [-0.3, -0.25) is 9.69 Å². The van der Waals surface area contributed by atoms with Crippen molar-refractivity contribution in [3.8, 4) is 0 Å². The second-order valence-corrected chi connectivity index (χ2v) is 7.51. The summed E-state index contributed by atoms with van der Waals surface area (Å²) in [7, 11) is 0. The van der Waals surface area contributed by atoms with Gasteiger partial charge in [-0.05, 0) is 41.1 Å². The normalized spacial score (nSPS) is 27.9. The van der Waals surface area contributed by atoms with E-state index in [0.29, 0.717) is 18.1 Å². The minimum Gasteiger partial charge on any atom is -0.387 e. The Hall–Kier alpha value is -1.40. The predicted molar refractivity (Wildman–Crippen MR) is 85.8 cm³/mol. The van der Waals surface area contributed by atoms with Gasteiger partial charge in [-0.2, -0.15) is 11.3 Å². The Morgan fingerprint density at radius 1 is 1.55 bits per heavy atom. The molecule has 6 heteroatoms. The summed E-state index contributed by atoms with van der Waals surface area (Å²) >= 11 is 1.73. The summed E-state index contributed by atoms with van der Waals surface area (Å²) < 4.78 is 0. The predicted octanol–water partition coefficient (Wildman–Crippen LogP) is 2.00. The van der Waals surface area contributed by atoms with Crippen molar-refractivity contribution < 1.29 is 9.63 Å². The smallest absolute Gasteiger partial charge is 0.269 e. The highest BCUT2D eigenvalue weighted by Crippen LogP contribution is 2.34. The third kappa shape index (κ3) is 3.03. The van der Waals surface area contributed by atoms with E-state index in [-0.39, 0.29) is 11.5 Å². The molecule has 0 radical (unpaired) electrons.